The number of hydrogen-bond donors (Lipinski definition) is 4. The predicted octanol–water partition coefficient (Wildman–Crippen LogP) is 3.14. The third-order valence-corrected chi connectivity index (χ3v) is 4.69. The molecular weight excluding hydrogens is 384 g/mol. The summed E-state index contributed by atoms with van der Waals surface area (Å²) in [5.74, 6) is -1.42. The monoisotopic (exact) mass is 402 g/mol. The first-order valence-corrected chi connectivity index (χ1v) is 9.25. The molecule has 0 unspecified atom stereocenters. The molecule has 0 aliphatic carbocycles. The minimum atomic E-state index is -1.08. The second-order valence-corrected chi connectivity index (χ2v) is 6.81. The van der Waals surface area contributed by atoms with Gasteiger partial charge < -0.3 is 21.1 Å². The van der Waals surface area contributed by atoms with Crippen LogP contribution in [0.25, 0.3) is 0 Å². The van der Waals surface area contributed by atoms with E-state index in [-0.39, 0.29) is 17.5 Å². The lowest BCUT2D eigenvalue weighted by molar-refractivity contribution is -0.115. The van der Waals surface area contributed by atoms with Gasteiger partial charge in [0.15, 0.2) is 0 Å². The fourth-order valence-corrected chi connectivity index (χ4v) is 3.19. The maximum Gasteiger partial charge on any atom is 0.354 e. The molecular formula is C22H18N4O4. The topological polar surface area (TPSA) is 120 Å². The van der Waals surface area contributed by atoms with Gasteiger partial charge in [-0.3, -0.25) is 9.59 Å². The van der Waals surface area contributed by atoms with E-state index in [0.717, 1.165) is 16.8 Å². The predicted molar refractivity (Wildman–Crippen MR) is 112 cm³/mol. The molecule has 0 radical (unpaired) electrons. The van der Waals surface area contributed by atoms with Gasteiger partial charge in [0, 0.05) is 29.8 Å². The first-order chi connectivity index (χ1) is 14.5. The second kappa shape index (κ2) is 8.04. The number of amides is 2. The molecule has 4 rings (SSSR count). The molecule has 2 heterocycles. The average molecular weight is 402 g/mol. The first kappa shape index (κ1) is 19.1. The van der Waals surface area contributed by atoms with Crippen LogP contribution in [0, 0.1) is 0 Å². The quantitative estimate of drug-likeness (QED) is 0.503. The van der Waals surface area contributed by atoms with Gasteiger partial charge in [0.05, 0.1) is 12.0 Å². The van der Waals surface area contributed by atoms with Gasteiger partial charge in [-0.1, -0.05) is 18.2 Å². The minimum absolute atomic E-state index is 0.0234. The van der Waals surface area contributed by atoms with E-state index in [1.54, 1.807) is 42.5 Å². The number of fused-ring (bicyclic) bond motifs is 1. The van der Waals surface area contributed by atoms with Crippen molar-refractivity contribution in [2.45, 2.75) is 13.0 Å². The maximum atomic E-state index is 12.8. The summed E-state index contributed by atoms with van der Waals surface area (Å²) in [4.78, 5) is 39.1. The number of aromatic nitrogens is 1. The van der Waals surface area contributed by atoms with Crippen LogP contribution < -0.4 is 16.0 Å². The molecule has 0 fully saturated rings. The van der Waals surface area contributed by atoms with Gasteiger partial charge in [0.25, 0.3) is 5.91 Å². The highest BCUT2D eigenvalue weighted by molar-refractivity contribution is 6.08. The number of carboxylic acid groups (broad SMARTS) is 1. The Morgan fingerprint density at radius 1 is 1.10 bits per heavy atom. The molecule has 3 aromatic rings. The molecule has 2 aromatic carbocycles. The Morgan fingerprint density at radius 3 is 2.70 bits per heavy atom. The van der Waals surface area contributed by atoms with Gasteiger partial charge in [0.1, 0.15) is 5.69 Å². The van der Waals surface area contributed by atoms with Gasteiger partial charge >= 0.3 is 5.97 Å². The van der Waals surface area contributed by atoms with E-state index in [4.69, 9.17) is 5.11 Å². The number of nitrogens with one attached hydrogen (secondary N) is 3. The van der Waals surface area contributed by atoms with Crippen LogP contribution in [0.1, 0.15) is 32.0 Å². The number of carbonyl (C=O) groups is 3. The molecule has 1 aliphatic rings. The van der Waals surface area contributed by atoms with Crippen LogP contribution in [0.3, 0.4) is 0 Å². The number of pyridine rings is 1. The van der Waals surface area contributed by atoms with E-state index in [2.05, 4.69) is 20.9 Å². The van der Waals surface area contributed by atoms with E-state index in [1.165, 1.54) is 12.3 Å². The van der Waals surface area contributed by atoms with Crippen LogP contribution in [-0.4, -0.2) is 27.9 Å². The number of anilines is 3. The molecule has 30 heavy (non-hydrogen) atoms. The molecule has 4 N–H and O–H groups in total. The Labute approximate surface area is 172 Å². The number of benzene rings is 2. The van der Waals surface area contributed by atoms with Crippen LogP contribution in [0.4, 0.5) is 17.1 Å². The van der Waals surface area contributed by atoms with Crippen LogP contribution >= 0.6 is 0 Å². The molecule has 1 aliphatic heterocycles. The summed E-state index contributed by atoms with van der Waals surface area (Å²) in [5, 5.41) is 17.7. The van der Waals surface area contributed by atoms with Crippen molar-refractivity contribution in [3.63, 3.8) is 0 Å². The third-order valence-electron chi connectivity index (χ3n) is 4.69. The Hall–Kier alpha value is -4.20. The standard InChI is InChI=1S/C22H18N4O4/c27-20-10-14-9-15(6-8-17(14)26-20)25-21(28)16-3-1-2-4-18(16)23-11-13-5-7-19(22(29)30)24-12-13/h1-9,12,23H,10-11H2,(H,25,28)(H,26,27)(H,29,30). The summed E-state index contributed by atoms with van der Waals surface area (Å²) in [6.07, 6.45) is 1.78. The van der Waals surface area contributed by atoms with Crippen LogP contribution in [-0.2, 0) is 17.8 Å². The molecule has 2 amide bonds. The number of nitrogens with zero attached hydrogens (tertiary/aromatic N) is 1. The zero-order valence-electron chi connectivity index (χ0n) is 15.8. The van der Waals surface area contributed by atoms with Crippen molar-refractivity contribution in [1.82, 2.24) is 4.98 Å². The average Bonchev–Trinajstić information content (AvgIpc) is 3.12. The van der Waals surface area contributed by atoms with Crippen LogP contribution in [0.2, 0.25) is 0 Å². The number of hydrogen-bond acceptors (Lipinski definition) is 5. The van der Waals surface area contributed by atoms with Crippen molar-refractivity contribution in [3.05, 3.63) is 83.2 Å². The number of para-hydroxylation sites is 1. The molecule has 1 aromatic heterocycles. The fraction of sp³-hybridized carbons (Fsp3) is 0.0909. The van der Waals surface area contributed by atoms with Gasteiger partial charge in [-0.2, -0.15) is 0 Å². The van der Waals surface area contributed by atoms with E-state index in [9.17, 15) is 14.4 Å². The molecule has 0 spiro atoms. The third kappa shape index (κ3) is 4.12. The molecule has 0 saturated carbocycles. The van der Waals surface area contributed by atoms with E-state index in [0.29, 0.717) is 29.9 Å². The van der Waals surface area contributed by atoms with Crippen molar-refractivity contribution in [2.24, 2.45) is 0 Å². The Bertz CT molecular complexity index is 1140. The molecule has 8 nitrogen and oxygen atoms in total. The highest BCUT2D eigenvalue weighted by Gasteiger charge is 2.18. The number of carbonyl (C=O) groups excluding carboxylic acids is 2. The van der Waals surface area contributed by atoms with E-state index in [1.807, 2.05) is 6.07 Å². The van der Waals surface area contributed by atoms with Crippen LogP contribution in [0.15, 0.2) is 60.8 Å². The van der Waals surface area contributed by atoms with Crippen LogP contribution in [0.5, 0.6) is 0 Å². The van der Waals surface area contributed by atoms with Gasteiger partial charge in [-0.15, -0.1) is 0 Å². The van der Waals surface area contributed by atoms with Crippen molar-refractivity contribution in [1.29, 1.82) is 0 Å². The SMILES string of the molecule is O=C1Cc2cc(NC(=O)c3ccccc3NCc3ccc(C(=O)O)nc3)ccc2N1. The lowest BCUT2D eigenvalue weighted by atomic mass is 10.1. The van der Waals surface area contributed by atoms with Gasteiger partial charge in [-0.25, -0.2) is 9.78 Å². The molecule has 0 bridgehead atoms. The number of rotatable bonds is 6. The summed E-state index contributed by atoms with van der Waals surface area (Å²) in [6.45, 7) is 0.379. The van der Waals surface area contributed by atoms with Crippen molar-refractivity contribution < 1.29 is 19.5 Å². The lowest BCUT2D eigenvalue weighted by Crippen LogP contribution is -2.15. The Morgan fingerprint density at radius 2 is 1.93 bits per heavy atom. The van der Waals surface area contributed by atoms with Crippen molar-refractivity contribution in [2.75, 3.05) is 16.0 Å². The normalized spacial score (nSPS) is 12.1. The Balaban J connectivity index is 1.46. The zero-order chi connectivity index (χ0) is 21.1. The Kier molecular flexibility index (Phi) is 5.13. The summed E-state index contributed by atoms with van der Waals surface area (Å²) < 4.78 is 0. The van der Waals surface area contributed by atoms with Crippen molar-refractivity contribution >= 4 is 34.8 Å². The van der Waals surface area contributed by atoms with Gasteiger partial charge in [-0.05, 0) is 47.5 Å². The fourth-order valence-electron chi connectivity index (χ4n) is 3.19. The largest absolute Gasteiger partial charge is 0.477 e. The summed E-state index contributed by atoms with van der Waals surface area (Å²) in [5.41, 5.74) is 4.08. The highest BCUT2D eigenvalue weighted by atomic mass is 16.4. The first-order valence-electron chi connectivity index (χ1n) is 9.25. The minimum Gasteiger partial charge on any atom is -0.477 e. The summed E-state index contributed by atoms with van der Waals surface area (Å²) >= 11 is 0. The molecule has 150 valence electrons. The van der Waals surface area contributed by atoms with Gasteiger partial charge in [0.2, 0.25) is 5.91 Å². The molecule has 8 heteroatoms. The number of aromatic carboxylic acids is 1. The maximum absolute atomic E-state index is 12.8. The zero-order valence-corrected chi connectivity index (χ0v) is 15.8. The summed E-state index contributed by atoms with van der Waals surface area (Å²) in [7, 11) is 0. The lowest BCUT2D eigenvalue weighted by Gasteiger charge is -2.13. The molecule has 0 atom stereocenters. The van der Waals surface area contributed by atoms with E-state index < -0.39 is 5.97 Å². The van der Waals surface area contributed by atoms with Crippen molar-refractivity contribution in [3.8, 4) is 0 Å². The molecule has 0 saturated heterocycles. The number of carboxylic acids is 1. The smallest absolute Gasteiger partial charge is 0.354 e. The second-order valence-electron chi connectivity index (χ2n) is 6.81. The summed E-state index contributed by atoms with van der Waals surface area (Å²) in [6, 6.07) is 15.5. The highest BCUT2D eigenvalue weighted by Crippen LogP contribution is 2.27. The van der Waals surface area contributed by atoms with E-state index >= 15 is 0 Å².